The van der Waals surface area contributed by atoms with E-state index in [2.05, 4.69) is 18.0 Å². The zero-order valence-corrected chi connectivity index (χ0v) is 20.7. The molecule has 0 saturated heterocycles. The van der Waals surface area contributed by atoms with Gasteiger partial charge in [-0.3, -0.25) is 9.59 Å². The van der Waals surface area contributed by atoms with Crippen LogP contribution < -0.4 is 10.3 Å². The highest BCUT2D eigenvalue weighted by Gasteiger charge is 2.39. The van der Waals surface area contributed by atoms with Crippen molar-refractivity contribution < 1.29 is 9.53 Å². The van der Waals surface area contributed by atoms with Gasteiger partial charge in [0.25, 0.3) is 5.91 Å². The maximum atomic E-state index is 13.5. The van der Waals surface area contributed by atoms with Crippen molar-refractivity contribution in [3.05, 3.63) is 56.7 Å². The van der Waals surface area contributed by atoms with Crippen molar-refractivity contribution in [2.75, 3.05) is 13.2 Å². The minimum Gasteiger partial charge on any atom is -0.486 e. The van der Waals surface area contributed by atoms with E-state index in [-0.39, 0.29) is 23.1 Å². The van der Waals surface area contributed by atoms with Crippen LogP contribution in [0.1, 0.15) is 81.2 Å². The fourth-order valence-electron chi connectivity index (χ4n) is 5.30. The monoisotopic (exact) mass is 471 g/mol. The first-order chi connectivity index (χ1) is 15.9. The van der Waals surface area contributed by atoms with Crippen LogP contribution in [0, 0.1) is 0 Å². The van der Waals surface area contributed by atoms with Gasteiger partial charge in [-0.15, -0.1) is 0 Å². The summed E-state index contributed by atoms with van der Waals surface area (Å²) >= 11 is 6.34. The molecule has 33 heavy (non-hydrogen) atoms. The highest BCUT2D eigenvalue weighted by atomic mass is 35.5. The molecule has 0 N–H and O–H groups in total. The van der Waals surface area contributed by atoms with Gasteiger partial charge in [0, 0.05) is 36.0 Å². The smallest absolute Gasteiger partial charge is 0.316 e. The van der Waals surface area contributed by atoms with Gasteiger partial charge in [-0.05, 0) is 50.8 Å². The summed E-state index contributed by atoms with van der Waals surface area (Å²) in [5.74, 6) is 0.633. The molecule has 178 valence electrons. The Hall–Kier alpha value is -2.34. The quantitative estimate of drug-likeness (QED) is 0.508. The topological polar surface area (TPSA) is 64.4 Å². The molecule has 1 aromatic heterocycles. The summed E-state index contributed by atoms with van der Waals surface area (Å²) in [5.41, 5.74) is 0.977. The number of hydrogen-bond donors (Lipinski definition) is 0. The Morgan fingerprint density at radius 1 is 1.18 bits per heavy atom. The lowest BCUT2D eigenvalue weighted by Gasteiger charge is -2.36. The van der Waals surface area contributed by atoms with Gasteiger partial charge in [-0.2, -0.15) is 4.98 Å². The number of carbonyl (C=O) groups excluding carboxylic acids is 1. The van der Waals surface area contributed by atoms with Crippen molar-refractivity contribution in [1.82, 2.24) is 14.5 Å². The van der Waals surface area contributed by atoms with Crippen LogP contribution in [0.4, 0.5) is 0 Å². The summed E-state index contributed by atoms with van der Waals surface area (Å²) in [6.45, 7) is 7.67. The minimum absolute atomic E-state index is 0.0501. The largest absolute Gasteiger partial charge is 0.486 e. The van der Waals surface area contributed by atoms with E-state index in [0.717, 1.165) is 38.5 Å². The molecule has 0 atom stereocenters. The van der Waals surface area contributed by atoms with E-state index in [0.29, 0.717) is 42.7 Å². The van der Waals surface area contributed by atoms with Crippen molar-refractivity contribution in [3.63, 3.8) is 0 Å². The number of carbonyl (C=O) groups is 1. The number of unbranched alkanes of at least 4 members (excludes halogenated alkanes) is 1. The van der Waals surface area contributed by atoms with Crippen molar-refractivity contribution >= 4 is 17.5 Å². The van der Waals surface area contributed by atoms with E-state index >= 15 is 0 Å². The maximum Gasteiger partial charge on any atom is 0.316 e. The molecule has 0 unspecified atom stereocenters. The molecule has 0 bridgehead atoms. The van der Waals surface area contributed by atoms with Gasteiger partial charge in [0.05, 0.1) is 6.61 Å². The van der Waals surface area contributed by atoms with Crippen molar-refractivity contribution in [2.45, 2.75) is 83.7 Å². The van der Waals surface area contributed by atoms with Gasteiger partial charge in [0.2, 0.25) is 5.75 Å². The van der Waals surface area contributed by atoms with Crippen LogP contribution in [0.5, 0.6) is 5.75 Å². The Balaban J connectivity index is 1.80. The first-order valence-electron chi connectivity index (χ1n) is 12.2. The summed E-state index contributed by atoms with van der Waals surface area (Å²) in [4.78, 5) is 33.0. The van der Waals surface area contributed by atoms with E-state index < -0.39 is 5.56 Å². The predicted octanol–water partition coefficient (Wildman–Crippen LogP) is 4.99. The van der Waals surface area contributed by atoms with Crippen molar-refractivity contribution in [3.8, 4) is 5.75 Å². The lowest BCUT2D eigenvalue weighted by molar-refractivity contribution is 0.0634. The van der Waals surface area contributed by atoms with Gasteiger partial charge in [0.15, 0.2) is 5.69 Å². The van der Waals surface area contributed by atoms with Gasteiger partial charge < -0.3 is 14.2 Å². The molecule has 2 aromatic rings. The molecule has 7 heteroatoms. The molecule has 4 rings (SSSR count). The second-order valence-electron chi connectivity index (χ2n) is 9.63. The number of hydrogen-bond acceptors (Lipinski definition) is 4. The Labute approximate surface area is 200 Å². The number of nitrogens with zero attached hydrogens (tertiary/aromatic N) is 3. The molecular formula is C26H34ClN3O3. The summed E-state index contributed by atoms with van der Waals surface area (Å²) in [6.07, 6.45) is 6.66. The zero-order valence-electron chi connectivity index (χ0n) is 19.9. The van der Waals surface area contributed by atoms with Gasteiger partial charge in [-0.1, -0.05) is 49.9 Å². The molecule has 1 aliphatic heterocycles. The fraction of sp³-hybridized carbons (Fsp3) is 0.577. The minimum atomic E-state index is -0.439. The molecule has 1 aromatic carbocycles. The Morgan fingerprint density at radius 2 is 1.94 bits per heavy atom. The van der Waals surface area contributed by atoms with E-state index in [1.54, 1.807) is 0 Å². The third-order valence-electron chi connectivity index (χ3n) is 7.11. The Morgan fingerprint density at radius 3 is 2.61 bits per heavy atom. The zero-order chi connectivity index (χ0) is 23.6. The highest BCUT2D eigenvalue weighted by molar-refractivity contribution is 6.30. The molecule has 2 aliphatic rings. The van der Waals surface area contributed by atoms with E-state index in [1.165, 1.54) is 5.56 Å². The van der Waals surface area contributed by atoms with Gasteiger partial charge >= 0.3 is 5.56 Å². The summed E-state index contributed by atoms with van der Waals surface area (Å²) < 4.78 is 7.82. The maximum absolute atomic E-state index is 13.5. The van der Waals surface area contributed by atoms with Crippen LogP contribution in [0.25, 0.3) is 0 Å². The van der Waals surface area contributed by atoms with Gasteiger partial charge in [-0.25, -0.2) is 0 Å². The summed E-state index contributed by atoms with van der Waals surface area (Å²) in [6, 6.07) is 8.09. The third kappa shape index (κ3) is 4.68. The second-order valence-corrected chi connectivity index (χ2v) is 10.1. The number of benzene rings is 1. The SMILES string of the molecule is CCCCOc1c2n(c(CC3(c4cccc(Cl)c4)CCCC3)nc1=O)CCN(C(C)C)C2=O. The molecule has 6 nitrogen and oxygen atoms in total. The van der Waals surface area contributed by atoms with Crippen molar-refractivity contribution in [1.29, 1.82) is 0 Å². The molecule has 1 amide bonds. The Bertz CT molecular complexity index is 1070. The lowest BCUT2D eigenvalue weighted by atomic mass is 9.76. The van der Waals surface area contributed by atoms with Crippen LogP contribution in [-0.2, 0) is 18.4 Å². The first-order valence-corrected chi connectivity index (χ1v) is 12.6. The molecule has 2 heterocycles. The number of amides is 1. The average molecular weight is 472 g/mol. The molecule has 0 radical (unpaired) electrons. The summed E-state index contributed by atoms with van der Waals surface area (Å²) in [7, 11) is 0. The summed E-state index contributed by atoms with van der Waals surface area (Å²) in [5, 5.41) is 0.716. The molecule has 1 saturated carbocycles. The van der Waals surface area contributed by atoms with E-state index in [9.17, 15) is 9.59 Å². The van der Waals surface area contributed by atoms with Gasteiger partial charge in [0.1, 0.15) is 5.82 Å². The first kappa shape index (κ1) is 23.8. The number of ether oxygens (including phenoxy) is 1. The van der Waals surface area contributed by atoms with Crippen LogP contribution in [0.3, 0.4) is 0 Å². The van der Waals surface area contributed by atoms with E-state index in [4.69, 9.17) is 16.3 Å². The molecule has 1 fully saturated rings. The van der Waals surface area contributed by atoms with Crippen LogP contribution in [-0.4, -0.2) is 39.6 Å². The number of halogens is 1. The highest BCUT2D eigenvalue weighted by Crippen LogP contribution is 2.44. The number of fused-ring (bicyclic) bond motifs is 1. The van der Waals surface area contributed by atoms with Crippen LogP contribution >= 0.6 is 11.6 Å². The normalized spacial score (nSPS) is 17.5. The number of aromatic nitrogens is 2. The average Bonchev–Trinajstić information content (AvgIpc) is 3.25. The predicted molar refractivity (Wildman–Crippen MR) is 130 cm³/mol. The van der Waals surface area contributed by atoms with Crippen molar-refractivity contribution in [2.24, 2.45) is 0 Å². The lowest BCUT2D eigenvalue weighted by Crippen LogP contribution is -2.47. The van der Waals surface area contributed by atoms with E-state index in [1.807, 2.05) is 41.5 Å². The standard InChI is InChI=1S/C26H34ClN3O3/c1-4-5-15-33-23-22-25(32)29(18(2)3)13-14-30(22)21(28-24(23)31)17-26(11-6-7-12-26)19-9-8-10-20(27)16-19/h8-10,16,18H,4-7,11-15,17H2,1-3H3. The van der Waals surface area contributed by atoms with Crippen LogP contribution in [0.15, 0.2) is 29.1 Å². The Kier molecular flexibility index (Phi) is 7.13. The molecule has 1 aliphatic carbocycles. The molecule has 0 spiro atoms. The fourth-order valence-corrected chi connectivity index (χ4v) is 5.49. The third-order valence-corrected chi connectivity index (χ3v) is 7.35. The molecular weight excluding hydrogens is 438 g/mol. The van der Waals surface area contributed by atoms with Crippen LogP contribution in [0.2, 0.25) is 5.02 Å². The number of rotatable bonds is 8. The second kappa shape index (κ2) is 9.88.